The second kappa shape index (κ2) is 5.07. The highest BCUT2D eigenvalue weighted by atomic mass is 16.6. The monoisotopic (exact) mass is 306 g/mol. The van der Waals surface area contributed by atoms with Crippen LogP contribution in [0.15, 0.2) is 12.2 Å². The average Bonchev–Trinajstić information content (AvgIpc) is 3.20. The normalized spacial score (nSPS) is 44.9. The molecular weight excluding hydrogens is 280 g/mol. The van der Waals surface area contributed by atoms with Gasteiger partial charge in [-0.3, -0.25) is 0 Å². The van der Waals surface area contributed by atoms with Crippen molar-refractivity contribution in [2.24, 2.45) is 17.3 Å². The lowest BCUT2D eigenvalue weighted by atomic mass is 9.48. The molecule has 4 bridgehead atoms. The summed E-state index contributed by atoms with van der Waals surface area (Å²) >= 11 is 0. The predicted molar refractivity (Wildman–Crippen MR) is 81.3 cm³/mol. The Morgan fingerprint density at radius 3 is 2.55 bits per heavy atom. The van der Waals surface area contributed by atoms with Crippen molar-refractivity contribution in [2.75, 3.05) is 19.8 Å². The maximum absolute atomic E-state index is 12.1. The number of hydrogen-bond acceptors (Lipinski definition) is 4. The summed E-state index contributed by atoms with van der Waals surface area (Å²) in [6, 6.07) is 0. The van der Waals surface area contributed by atoms with E-state index in [1.165, 1.54) is 19.3 Å². The smallest absolute Gasteiger partial charge is 0.333 e. The van der Waals surface area contributed by atoms with Gasteiger partial charge in [-0.1, -0.05) is 6.58 Å². The molecule has 3 atom stereocenters. The van der Waals surface area contributed by atoms with Gasteiger partial charge in [0, 0.05) is 5.57 Å². The Morgan fingerprint density at radius 1 is 1.27 bits per heavy atom. The molecule has 1 heterocycles. The fourth-order valence-electron chi connectivity index (χ4n) is 5.51. The van der Waals surface area contributed by atoms with Gasteiger partial charge in [0.25, 0.3) is 0 Å². The van der Waals surface area contributed by atoms with Gasteiger partial charge in [-0.15, -0.1) is 0 Å². The number of esters is 1. The standard InChI is InChI=1S/C18H26O4/c1-12(2)16(19)22-18-6-13-3-14(7-18)5-17(4-13,10-18)11-20-8-15-9-21-15/h13-15H,1,3-11H2,2H3. The fraction of sp³-hybridized carbons (Fsp3) is 0.833. The van der Waals surface area contributed by atoms with Crippen molar-refractivity contribution in [3.05, 3.63) is 12.2 Å². The Kier molecular flexibility index (Phi) is 3.39. The van der Waals surface area contributed by atoms with E-state index < -0.39 is 0 Å². The van der Waals surface area contributed by atoms with E-state index in [1.54, 1.807) is 6.92 Å². The van der Waals surface area contributed by atoms with Crippen molar-refractivity contribution in [1.82, 2.24) is 0 Å². The largest absolute Gasteiger partial charge is 0.456 e. The van der Waals surface area contributed by atoms with Crippen LogP contribution in [0.5, 0.6) is 0 Å². The van der Waals surface area contributed by atoms with Crippen LogP contribution < -0.4 is 0 Å². The van der Waals surface area contributed by atoms with Gasteiger partial charge in [0.15, 0.2) is 0 Å². The number of rotatable bonds is 6. The molecule has 5 fully saturated rings. The number of hydrogen-bond donors (Lipinski definition) is 0. The van der Waals surface area contributed by atoms with Crippen molar-refractivity contribution in [3.63, 3.8) is 0 Å². The molecule has 0 aromatic rings. The molecule has 0 aromatic heterocycles. The Morgan fingerprint density at radius 2 is 1.95 bits per heavy atom. The van der Waals surface area contributed by atoms with Crippen LogP contribution in [0.3, 0.4) is 0 Å². The van der Waals surface area contributed by atoms with Crippen LogP contribution in [0, 0.1) is 17.3 Å². The van der Waals surface area contributed by atoms with Crippen LogP contribution in [0.2, 0.25) is 0 Å². The Hall–Kier alpha value is -0.870. The molecule has 4 heteroatoms. The predicted octanol–water partition coefficient (Wildman–Crippen LogP) is 2.86. The third-order valence-corrected chi connectivity index (χ3v) is 5.90. The minimum atomic E-state index is -0.250. The SMILES string of the molecule is C=C(C)C(=O)OC12CC3CC(CC(COCC4CO4)(C3)C1)C2. The first kappa shape index (κ1) is 14.7. The molecule has 1 saturated heterocycles. The second-order valence-corrected chi connectivity index (χ2v) is 8.28. The van der Waals surface area contributed by atoms with Gasteiger partial charge in [0.1, 0.15) is 11.7 Å². The van der Waals surface area contributed by atoms with Crippen LogP contribution in [-0.4, -0.2) is 37.5 Å². The Balaban J connectivity index is 1.47. The summed E-state index contributed by atoms with van der Waals surface area (Å²) in [4.78, 5) is 12.1. The quantitative estimate of drug-likeness (QED) is 0.430. The maximum Gasteiger partial charge on any atom is 0.333 e. The molecule has 4 nitrogen and oxygen atoms in total. The van der Waals surface area contributed by atoms with Crippen molar-refractivity contribution in [1.29, 1.82) is 0 Å². The summed E-state index contributed by atoms with van der Waals surface area (Å²) in [6.07, 6.45) is 7.15. The maximum atomic E-state index is 12.1. The summed E-state index contributed by atoms with van der Waals surface area (Å²) < 4.78 is 17.1. The van der Waals surface area contributed by atoms with E-state index >= 15 is 0 Å². The lowest BCUT2D eigenvalue weighted by molar-refractivity contribution is -0.206. The molecule has 4 saturated carbocycles. The molecule has 1 aliphatic heterocycles. The number of epoxide rings is 1. The third kappa shape index (κ3) is 2.71. The molecule has 122 valence electrons. The molecule has 5 aliphatic rings. The summed E-state index contributed by atoms with van der Waals surface area (Å²) in [5, 5.41) is 0. The van der Waals surface area contributed by atoms with Crippen LogP contribution in [-0.2, 0) is 19.0 Å². The summed E-state index contributed by atoms with van der Waals surface area (Å²) in [7, 11) is 0. The van der Waals surface area contributed by atoms with E-state index in [1.807, 2.05) is 0 Å². The van der Waals surface area contributed by atoms with E-state index in [0.717, 1.165) is 39.1 Å². The molecule has 0 N–H and O–H groups in total. The molecule has 0 spiro atoms. The molecular formula is C18H26O4. The number of carbonyl (C=O) groups excluding carboxylic acids is 1. The number of ether oxygens (including phenoxy) is 3. The highest BCUT2D eigenvalue weighted by molar-refractivity contribution is 5.87. The van der Waals surface area contributed by atoms with Crippen molar-refractivity contribution in [2.45, 2.75) is 57.2 Å². The topological polar surface area (TPSA) is 48.1 Å². The molecule has 4 aliphatic carbocycles. The van der Waals surface area contributed by atoms with Gasteiger partial charge in [0.05, 0.1) is 19.8 Å². The lowest BCUT2D eigenvalue weighted by Crippen LogP contribution is -2.58. The van der Waals surface area contributed by atoms with E-state index in [4.69, 9.17) is 14.2 Å². The third-order valence-electron chi connectivity index (χ3n) is 5.90. The van der Waals surface area contributed by atoms with Crippen molar-refractivity contribution < 1.29 is 19.0 Å². The van der Waals surface area contributed by atoms with E-state index in [9.17, 15) is 4.79 Å². The zero-order chi connectivity index (χ0) is 15.4. The fourth-order valence-corrected chi connectivity index (χ4v) is 5.51. The second-order valence-electron chi connectivity index (χ2n) is 8.28. The molecule has 5 rings (SSSR count). The highest BCUT2D eigenvalue weighted by Crippen LogP contribution is 2.63. The first-order valence-electron chi connectivity index (χ1n) is 8.56. The summed E-state index contributed by atoms with van der Waals surface area (Å²) in [6.45, 7) is 7.83. The number of carbonyl (C=O) groups is 1. The summed E-state index contributed by atoms with van der Waals surface area (Å²) in [5.74, 6) is 1.17. The first-order valence-corrected chi connectivity index (χ1v) is 8.56. The molecule has 0 radical (unpaired) electrons. The average molecular weight is 306 g/mol. The van der Waals surface area contributed by atoms with Crippen molar-refractivity contribution >= 4 is 5.97 Å². The Labute approximate surface area is 132 Å². The minimum absolute atomic E-state index is 0.217. The zero-order valence-corrected chi connectivity index (χ0v) is 13.4. The van der Waals surface area contributed by atoms with E-state index in [2.05, 4.69) is 6.58 Å². The molecule has 0 aromatic carbocycles. The van der Waals surface area contributed by atoms with Crippen LogP contribution in [0.25, 0.3) is 0 Å². The molecule has 3 unspecified atom stereocenters. The zero-order valence-electron chi connectivity index (χ0n) is 13.4. The van der Waals surface area contributed by atoms with Gasteiger partial charge in [-0.2, -0.15) is 0 Å². The Bertz CT molecular complexity index is 479. The highest BCUT2D eigenvalue weighted by Gasteiger charge is 2.59. The minimum Gasteiger partial charge on any atom is -0.456 e. The van der Waals surface area contributed by atoms with Gasteiger partial charge in [0.2, 0.25) is 0 Å². The van der Waals surface area contributed by atoms with Gasteiger partial charge >= 0.3 is 5.97 Å². The van der Waals surface area contributed by atoms with Crippen molar-refractivity contribution in [3.8, 4) is 0 Å². The molecule has 0 amide bonds. The van der Waals surface area contributed by atoms with Crippen LogP contribution in [0.1, 0.15) is 45.4 Å². The van der Waals surface area contributed by atoms with Gasteiger partial charge < -0.3 is 14.2 Å². The first-order chi connectivity index (χ1) is 10.5. The van der Waals surface area contributed by atoms with Gasteiger partial charge in [-0.05, 0) is 62.7 Å². The van der Waals surface area contributed by atoms with E-state index in [-0.39, 0.29) is 17.0 Å². The summed E-state index contributed by atoms with van der Waals surface area (Å²) in [5.41, 5.74) is 0.473. The van der Waals surface area contributed by atoms with Crippen LogP contribution in [0.4, 0.5) is 0 Å². The van der Waals surface area contributed by atoms with E-state index in [0.29, 0.717) is 23.5 Å². The lowest BCUT2D eigenvalue weighted by Gasteiger charge is -2.61. The van der Waals surface area contributed by atoms with Crippen LogP contribution >= 0.6 is 0 Å². The molecule has 22 heavy (non-hydrogen) atoms. The van der Waals surface area contributed by atoms with Gasteiger partial charge in [-0.25, -0.2) is 4.79 Å².